The molecule has 1 saturated heterocycles. The van der Waals surface area contributed by atoms with Crippen LogP contribution in [0.5, 0.6) is 5.75 Å². The second-order valence-corrected chi connectivity index (χ2v) is 5.66. The molecule has 1 amide bonds. The molecule has 1 aliphatic heterocycles. The zero-order chi connectivity index (χ0) is 14.7. The minimum atomic E-state index is -0.952. The number of benzene rings is 1. The van der Waals surface area contributed by atoms with Crippen molar-refractivity contribution in [2.24, 2.45) is 0 Å². The molecular formula is C14H16BrNO4. The summed E-state index contributed by atoms with van der Waals surface area (Å²) in [6, 6.07) is 4.86. The minimum Gasteiger partial charge on any atom is -0.483 e. The zero-order valence-electron chi connectivity index (χ0n) is 11.1. The van der Waals surface area contributed by atoms with Crippen LogP contribution in [0.3, 0.4) is 0 Å². The molecule has 1 aromatic carbocycles. The number of hydrogen-bond acceptors (Lipinski definition) is 3. The Bertz CT molecular complexity index is 532. The maximum absolute atomic E-state index is 12.0. The summed E-state index contributed by atoms with van der Waals surface area (Å²) in [7, 11) is 0. The van der Waals surface area contributed by atoms with Gasteiger partial charge in [0.25, 0.3) is 5.91 Å². The molecule has 108 valence electrons. The van der Waals surface area contributed by atoms with Crippen LogP contribution >= 0.6 is 15.9 Å². The van der Waals surface area contributed by atoms with Crippen LogP contribution in [0.15, 0.2) is 22.7 Å². The van der Waals surface area contributed by atoms with Crippen LogP contribution in [0.25, 0.3) is 0 Å². The first kappa shape index (κ1) is 14.8. The van der Waals surface area contributed by atoms with Crippen molar-refractivity contribution in [1.82, 2.24) is 4.90 Å². The van der Waals surface area contributed by atoms with Crippen molar-refractivity contribution in [1.29, 1.82) is 0 Å². The Hall–Kier alpha value is -1.56. The molecule has 6 heteroatoms. The highest BCUT2D eigenvalue weighted by atomic mass is 79.9. The van der Waals surface area contributed by atoms with Crippen LogP contribution in [-0.4, -0.2) is 41.1 Å². The average Bonchev–Trinajstić information content (AvgIpc) is 2.86. The van der Waals surface area contributed by atoms with E-state index in [0.717, 1.165) is 16.5 Å². The quantitative estimate of drug-likeness (QED) is 0.911. The fourth-order valence-electron chi connectivity index (χ4n) is 2.27. The minimum absolute atomic E-state index is 0.147. The topological polar surface area (TPSA) is 66.8 Å². The number of aryl methyl sites for hydroxylation is 1. The predicted octanol–water partition coefficient (Wildman–Crippen LogP) is 2.21. The first-order chi connectivity index (χ1) is 9.49. The second kappa shape index (κ2) is 6.26. The monoisotopic (exact) mass is 341 g/mol. The van der Waals surface area contributed by atoms with Crippen molar-refractivity contribution < 1.29 is 19.4 Å². The smallest absolute Gasteiger partial charge is 0.326 e. The summed E-state index contributed by atoms with van der Waals surface area (Å²) in [6.07, 6.45) is 1.23. The van der Waals surface area contributed by atoms with E-state index in [1.807, 2.05) is 19.1 Å². The third kappa shape index (κ3) is 3.30. The van der Waals surface area contributed by atoms with E-state index in [-0.39, 0.29) is 12.5 Å². The van der Waals surface area contributed by atoms with Gasteiger partial charge in [0, 0.05) is 6.54 Å². The van der Waals surface area contributed by atoms with Gasteiger partial charge in [0.05, 0.1) is 4.47 Å². The van der Waals surface area contributed by atoms with Gasteiger partial charge in [0.15, 0.2) is 6.61 Å². The van der Waals surface area contributed by atoms with Crippen molar-refractivity contribution in [3.8, 4) is 5.75 Å². The third-order valence-corrected chi connectivity index (χ3v) is 3.92. The highest BCUT2D eigenvalue weighted by Crippen LogP contribution is 2.26. The lowest BCUT2D eigenvalue weighted by Crippen LogP contribution is -2.42. The Morgan fingerprint density at radius 2 is 2.25 bits per heavy atom. The molecule has 1 atom stereocenters. The van der Waals surface area contributed by atoms with Gasteiger partial charge in [0.1, 0.15) is 11.8 Å². The average molecular weight is 342 g/mol. The molecule has 1 aromatic rings. The molecule has 1 heterocycles. The number of carbonyl (C=O) groups is 2. The number of halogens is 1. The van der Waals surface area contributed by atoms with Gasteiger partial charge >= 0.3 is 5.97 Å². The molecule has 0 spiro atoms. The van der Waals surface area contributed by atoms with Crippen LogP contribution in [0, 0.1) is 6.92 Å². The summed E-state index contributed by atoms with van der Waals surface area (Å²) in [6.45, 7) is 2.29. The molecule has 0 saturated carbocycles. The first-order valence-corrected chi connectivity index (χ1v) is 7.19. The van der Waals surface area contributed by atoms with E-state index >= 15 is 0 Å². The number of hydrogen-bond donors (Lipinski definition) is 1. The molecule has 0 aliphatic carbocycles. The lowest BCUT2D eigenvalue weighted by molar-refractivity contribution is -0.148. The third-order valence-electron chi connectivity index (χ3n) is 3.30. The van der Waals surface area contributed by atoms with Crippen molar-refractivity contribution in [3.63, 3.8) is 0 Å². The van der Waals surface area contributed by atoms with Crippen molar-refractivity contribution in [2.75, 3.05) is 13.2 Å². The summed E-state index contributed by atoms with van der Waals surface area (Å²) >= 11 is 3.37. The van der Waals surface area contributed by atoms with Crippen molar-refractivity contribution in [3.05, 3.63) is 28.2 Å². The van der Waals surface area contributed by atoms with Crippen LogP contribution in [0.2, 0.25) is 0 Å². The van der Waals surface area contributed by atoms with E-state index < -0.39 is 12.0 Å². The predicted molar refractivity (Wildman–Crippen MR) is 76.7 cm³/mol. The summed E-state index contributed by atoms with van der Waals surface area (Å²) in [5, 5.41) is 9.05. The van der Waals surface area contributed by atoms with E-state index in [1.165, 1.54) is 4.90 Å². The standard InChI is InChI=1S/C14H16BrNO4/c1-9-4-5-12(10(15)7-9)20-8-13(17)16-6-2-3-11(16)14(18)19/h4-5,7,11H,2-3,6,8H2,1H3,(H,18,19). The maximum Gasteiger partial charge on any atom is 0.326 e. The highest BCUT2D eigenvalue weighted by molar-refractivity contribution is 9.10. The largest absolute Gasteiger partial charge is 0.483 e. The number of rotatable bonds is 4. The molecular weight excluding hydrogens is 326 g/mol. The fraction of sp³-hybridized carbons (Fsp3) is 0.429. The Kier molecular flexibility index (Phi) is 4.65. The number of carboxylic acids is 1. The highest BCUT2D eigenvalue weighted by Gasteiger charge is 2.33. The van der Waals surface area contributed by atoms with Crippen LogP contribution in [0.4, 0.5) is 0 Å². The maximum atomic E-state index is 12.0. The fourth-order valence-corrected chi connectivity index (χ4v) is 2.87. The molecule has 0 bridgehead atoms. The molecule has 2 rings (SSSR count). The molecule has 0 radical (unpaired) electrons. The lowest BCUT2D eigenvalue weighted by atomic mass is 10.2. The van der Waals surface area contributed by atoms with Gasteiger partial charge in [-0.25, -0.2) is 4.79 Å². The van der Waals surface area contributed by atoms with Gasteiger partial charge in [-0.15, -0.1) is 0 Å². The molecule has 20 heavy (non-hydrogen) atoms. The number of aliphatic carboxylic acids is 1. The zero-order valence-corrected chi connectivity index (χ0v) is 12.7. The van der Waals surface area contributed by atoms with Gasteiger partial charge < -0.3 is 14.7 Å². The molecule has 1 fully saturated rings. The number of nitrogens with zero attached hydrogens (tertiary/aromatic N) is 1. The Labute approximate surface area is 125 Å². The summed E-state index contributed by atoms with van der Waals surface area (Å²) in [4.78, 5) is 24.5. The van der Waals surface area contributed by atoms with Gasteiger partial charge in [-0.05, 0) is 53.4 Å². The van der Waals surface area contributed by atoms with Crippen LogP contribution in [0.1, 0.15) is 18.4 Å². The van der Waals surface area contributed by atoms with Crippen LogP contribution in [-0.2, 0) is 9.59 Å². The lowest BCUT2D eigenvalue weighted by Gasteiger charge is -2.21. The van der Waals surface area contributed by atoms with Crippen molar-refractivity contribution in [2.45, 2.75) is 25.8 Å². The summed E-state index contributed by atoms with van der Waals surface area (Å²) in [5.41, 5.74) is 1.08. The summed E-state index contributed by atoms with van der Waals surface area (Å²) < 4.78 is 6.24. The van der Waals surface area contributed by atoms with E-state index in [9.17, 15) is 9.59 Å². The van der Waals surface area contributed by atoms with E-state index in [4.69, 9.17) is 9.84 Å². The van der Waals surface area contributed by atoms with Gasteiger partial charge in [-0.2, -0.15) is 0 Å². The molecule has 1 N–H and O–H groups in total. The number of likely N-dealkylation sites (tertiary alicyclic amines) is 1. The van der Waals surface area contributed by atoms with Gasteiger partial charge in [0.2, 0.25) is 0 Å². The van der Waals surface area contributed by atoms with E-state index in [1.54, 1.807) is 6.07 Å². The number of ether oxygens (including phenoxy) is 1. The molecule has 0 aromatic heterocycles. The van der Waals surface area contributed by atoms with Gasteiger partial charge in [-0.3, -0.25) is 4.79 Å². The van der Waals surface area contributed by atoms with Crippen molar-refractivity contribution >= 4 is 27.8 Å². The van der Waals surface area contributed by atoms with E-state index in [2.05, 4.69) is 15.9 Å². The first-order valence-electron chi connectivity index (χ1n) is 6.40. The Morgan fingerprint density at radius 3 is 2.90 bits per heavy atom. The van der Waals surface area contributed by atoms with E-state index in [0.29, 0.717) is 18.7 Å². The summed E-state index contributed by atoms with van der Waals surface area (Å²) in [5.74, 6) is -0.662. The van der Waals surface area contributed by atoms with Crippen LogP contribution < -0.4 is 4.74 Å². The Balaban J connectivity index is 1.96. The van der Waals surface area contributed by atoms with Gasteiger partial charge in [-0.1, -0.05) is 6.07 Å². The molecule has 1 unspecified atom stereocenters. The molecule has 1 aliphatic rings. The second-order valence-electron chi connectivity index (χ2n) is 4.81. The Morgan fingerprint density at radius 1 is 1.50 bits per heavy atom. The number of amides is 1. The number of carbonyl (C=O) groups excluding carboxylic acids is 1. The SMILES string of the molecule is Cc1ccc(OCC(=O)N2CCCC2C(=O)O)c(Br)c1. The molecule has 5 nitrogen and oxygen atoms in total. The normalized spacial score (nSPS) is 18.1. The number of carboxylic acid groups (broad SMARTS) is 1.